The summed E-state index contributed by atoms with van der Waals surface area (Å²) in [4.78, 5) is 0. The quantitative estimate of drug-likeness (QED) is 0.516. The second kappa shape index (κ2) is 6.31. The van der Waals surface area contributed by atoms with Crippen LogP contribution in [0.15, 0.2) is 0 Å². The summed E-state index contributed by atoms with van der Waals surface area (Å²) in [6.07, 6.45) is 1.36. The molecule has 0 unspecified atom stereocenters. The summed E-state index contributed by atoms with van der Waals surface area (Å²) < 4.78 is 0. The van der Waals surface area contributed by atoms with E-state index in [9.17, 15) is 5.11 Å². The molecule has 1 saturated heterocycles. The molecule has 0 bridgehead atoms. The maximum Gasteiger partial charge on any atom is 0.0572 e. The van der Waals surface area contributed by atoms with Gasteiger partial charge in [0.25, 0.3) is 0 Å². The van der Waals surface area contributed by atoms with Crippen molar-refractivity contribution in [3.63, 3.8) is 0 Å². The summed E-state index contributed by atoms with van der Waals surface area (Å²) in [5.41, 5.74) is 0. The van der Waals surface area contributed by atoms with Crippen LogP contribution in [0.2, 0.25) is 0 Å². The molecule has 1 aliphatic rings. The van der Waals surface area contributed by atoms with Gasteiger partial charge in [0.05, 0.1) is 19.3 Å². The van der Waals surface area contributed by atoms with Gasteiger partial charge in [-0.05, 0) is 12.8 Å². The fourth-order valence-corrected chi connectivity index (χ4v) is 1.76. The lowest BCUT2D eigenvalue weighted by atomic mass is 10.1. The Bertz CT molecular complexity index is 143. The van der Waals surface area contributed by atoms with Gasteiger partial charge in [-0.2, -0.15) is 0 Å². The Labute approximate surface area is 84.5 Å². The van der Waals surface area contributed by atoms with Gasteiger partial charge in [-0.25, -0.2) is 10.0 Å². The number of rotatable bonds is 5. The summed E-state index contributed by atoms with van der Waals surface area (Å²) in [7, 11) is 0. The summed E-state index contributed by atoms with van der Waals surface area (Å²) in [6.45, 7) is 2.91. The lowest BCUT2D eigenvalue weighted by molar-refractivity contribution is -0.0765. The van der Waals surface area contributed by atoms with E-state index in [0.29, 0.717) is 13.1 Å². The maximum absolute atomic E-state index is 9.32. The Morgan fingerprint density at radius 3 is 2.00 bits per heavy atom. The third kappa shape index (κ3) is 3.51. The molecule has 0 aromatic heterocycles. The van der Waals surface area contributed by atoms with Crippen molar-refractivity contribution >= 4 is 0 Å². The number of aliphatic hydroxyl groups excluding tert-OH is 3. The van der Waals surface area contributed by atoms with Gasteiger partial charge in [-0.15, -0.1) is 0 Å². The van der Waals surface area contributed by atoms with Gasteiger partial charge in [-0.1, -0.05) is 0 Å². The highest BCUT2D eigenvalue weighted by Crippen LogP contribution is 2.11. The number of nitrogens with zero attached hydrogens (tertiary/aromatic N) is 2. The zero-order chi connectivity index (χ0) is 10.4. The molecule has 5 heteroatoms. The van der Waals surface area contributed by atoms with Crippen molar-refractivity contribution in [3.05, 3.63) is 0 Å². The first-order valence-electron chi connectivity index (χ1n) is 5.17. The smallest absolute Gasteiger partial charge is 0.0572 e. The summed E-state index contributed by atoms with van der Waals surface area (Å²) >= 11 is 0. The fourth-order valence-electron chi connectivity index (χ4n) is 1.76. The minimum atomic E-state index is -0.184. The van der Waals surface area contributed by atoms with Gasteiger partial charge in [0.1, 0.15) is 0 Å². The number of hydrogen-bond donors (Lipinski definition) is 3. The van der Waals surface area contributed by atoms with Gasteiger partial charge in [-0.3, -0.25) is 0 Å². The molecule has 0 aromatic rings. The van der Waals surface area contributed by atoms with Crippen molar-refractivity contribution in [3.8, 4) is 0 Å². The molecule has 1 heterocycles. The second-order valence-corrected chi connectivity index (χ2v) is 3.59. The van der Waals surface area contributed by atoms with E-state index in [1.165, 1.54) is 0 Å². The Balaban J connectivity index is 2.34. The molecule has 0 spiro atoms. The summed E-state index contributed by atoms with van der Waals surface area (Å²) in [5.74, 6) is 0. The van der Waals surface area contributed by atoms with Crippen LogP contribution in [0.25, 0.3) is 0 Å². The van der Waals surface area contributed by atoms with Gasteiger partial charge < -0.3 is 15.3 Å². The van der Waals surface area contributed by atoms with E-state index >= 15 is 0 Å². The lowest BCUT2D eigenvalue weighted by Crippen LogP contribution is -2.50. The lowest BCUT2D eigenvalue weighted by Gasteiger charge is -2.38. The van der Waals surface area contributed by atoms with Crippen molar-refractivity contribution < 1.29 is 15.3 Å². The normalized spacial score (nSPS) is 20.6. The predicted octanol–water partition coefficient (Wildman–Crippen LogP) is -1.36. The average Bonchev–Trinajstić information content (AvgIpc) is 2.19. The van der Waals surface area contributed by atoms with Gasteiger partial charge in [0.2, 0.25) is 0 Å². The van der Waals surface area contributed by atoms with Gasteiger partial charge >= 0.3 is 0 Å². The number of hydrazine groups is 1. The van der Waals surface area contributed by atoms with Crippen LogP contribution in [0.1, 0.15) is 12.8 Å². The van der Waals surface area contributed by atoms with E-state index < -0.39 is 0 Å². The largest absolute Gasteiger partial charge is 0.395 e. The summed E-state index contributed by atoms with van der Waals surface area (Å²) in [6, 6.07) is 0. The van der Waals surface area contributed by atoms with Gasteiger partial charge in [0.15, 0.2) is 0 Å². The molecule has 14 heavy (non-hydrogen) atoms. The van der Waals surface area contributed by atoms with E-state index in [1.807, 2.05) is 5.01 Å². The standard InChI is InChI=1S/C9H20N2O3/c12-7-5-11(6-8-13)10-3-1-9(14)2-4-10/h9,12-14H,1-8H2. The first-order chi connectivity index (χ1) is 6.77. The monoisotopic (exact) mass is 204 g/mol. The molecule has 0 aromatic carbocycles. The first kappa shape index (κ1) is 11.9. The Morgan fingerprint density at radius 1 is 1.07 bits per heavy atom. The average molecular weight is 204 g/mol. The third-order valence-electron chi connectivity index (χ3n) is 2.56. The first-order valence-corrected chi connectivity index (χ1v) is 5.17. The van der Waals surface area contributed by atoms with Crippen LogP contribution in [0, 0.1) is 0 Å². The van der Waals surface area contributed by atoms with E-state index in [4.69, 9.17) is 10.2 Å². The van der Waals surface area contributed by atoms with E-state index in [1.54, 1.807) is 0 Å². The van der Waals surface area contributed by atoms with Crippen LogP contribution in [0.5, 0.6) is 0 Å². The Morgan fingerprint density at radius 2 is 1.57 bits per heavy atom. The Kier molecular flexibility index (Phi) is 5.36. The topological polar surface area (TPSA) is 67.2 Å². The number of hydrogen-bond acceptors (Lipinski definition) is 5. The number of piperidine rings is 1. The van der Waals surface area contributed by atoms with Crippen molar-refractivity contribution in [1.29, 1.82) is 0 Å². The zero-order valence-electron chi connectivity index (χ0n) is 8.47. The fraction of sp³-hybridized carbons (Fsp3) is 1.00. The summed E-state index contributed by atoms with van der Waals surface area (Å²) in [5, 5.41) is 31.1. The minimum absolute atomic E-state index is 0.0963. The van der Waals surface area contributed by atoms with Crippen molar-refractivity contribution in [2.45, 2.75) is 18.9 Å². The molecular weight excluding hydrogens is 184 g/mol. The van der Waals surface area contributed by atoms with Crippen LogP contribution >= 0.6 is 0 Å². The Hall–Kier alpha value is -0.200. The van der Waals surface area contributed by atoms with Crippen LogP contribution in [-0.4, -0.2) is 70.8 Å². The zero-order valence-corrected chi connectivity index (χ0v) is 8.47. The van der Waals surface area contributed by atoms with E-state index in [0.717, 1.165) is 25.9 Å². The number of aliphatic hydroxyl groups is 3. The van der Waals surface area contributed by atoms with Crippen molar-refractivity contribution in [2.75, 3.05) is 39.4 Å². The second-order valence-electron chi connectivity index (χ2n) is 3.59. The maximum atomic E-state index is 9.32. The molecule has 1 fully saturated rings. The molecule has 1 rings (SSSR count). The van der Waals surface area contributed by atoms with Crippen molar-refractivity contribution in [1.82, 2.24) is 10.0 Å². The molecule has 0 amide bonds. The molecule has 0 saturated carbocycles. The molecule has 1 aliphatic heterocycles. The third-order valence-corrected chi connectivity index (χ3v) is 2.56. The molecule has 0 aliphatic carbocycles. The van der Waals surface area contributed by atoms with Crippen LogP contribution in [0.4, 0.5) is 0 Å². The van der Waals surface area contributed by atoms with Crippen LogP contribution in [-0.2, 0) is 0 Å². The van der Waals surface area contributed by atoms with Crippen molar-refractivity contribution in [2.24, 2.45) is 0 Å². The minimum Gasteiger partial charge on any atom is -0.395 e. The SMILES string of the molecule is OCCN(CCO)N1CCC(O)CC1. The van der Waals surface area contributed by atoms with Crippen LogP contribution in [0.3, 0.4) is 0 Å². The predicted molar refractivity (Wildman–Crippen MR) is 52.6 cm³/mol. The van der Waals surface area contributed by atoms with E-state index in [-0.39, 0.29) is 19.3 Å². The molecule has 3 N–H and O–H groups in total. The molecule has 0 radical (unpaired) electrons. The highest BCUT2D eigenvalue weighted by Gasteiger charge is 2.21. The van der Waals surface area contributed by atoms with Gasteiger partial charge in [0, 0.05) is 26.2 Å². The highest BCUT2D eigenvalue weighted by molar-refractivity contribution is 4.70. The van der Waals surface area contributed by atoms with Crippen LogP contribution < -0.4 is 0 Å². The molecule has 0 atom stereocenters. The highest BCUT2D eigenvalue weighted by atomic mass is 16.3. The molecular formula is C9H20N2O3. The molecule has 84 valence electrons. The van der Waals surface area contributed by atoms with E-state index in [2.05, 4.69) is 5.01 Å². The molecule has 5 nitrogen and oxygen atoms in total.